The minimum atomic E-state index is -4.63. The molecule has 1 heterocycles. The van der Waals surface area contributed by atoms with Crippen LogP contribution in [-0.2, 0) is 6.18 Å². The monoisotopic (exact) mass is 420 g/mol. The fourth-order valence-corrected chi connectivity index (χ4v) is 3.27. The highest BCUT2D eigenvalue weighted by Crippen LogP contribution is 2.34. The maximum Gasteiger partial charge on any atom is 0.450 e. The molecule has 0 aliphatic rings. The zero-order valence-electron chi connectivity index (χ0n) is 16.2. The Hall–Kier alpha value is -4.12. The highest BCUT2D eigenvalue weighted by atomic mass is 19.4. The topological polar surface area (TPSA) is 70.7 Å². The van der Waals surface area contributed by atoms with E-state index in [2.05, 4.69) is 10.3 Å². The zero-order valence-corrected chi connectivity index (χ0v) is 16.2. The van der Waals surface area contributed by atoms with E-state index in [0.717, 1.165) is 10.1 Å². The van der Waals surface area contributed by atoms with E-state index in [9.17, 15) is 18.0 Å². The molecule has 1 N–H and O–H groups in total. The van der Waals surface area contributed by atoms with E-state index in [1.54, 1.807) is 43.3 Å². The normalized spacial score (nSPS) is 11.3. The minimum Gasteiger partial charge on any atom is -0.322 e. The van der Waals surface area contributed by atoms with Crippen LogP contribution in [0, 0.1) is 18.3 Å². The van der Waals surface area contributed by atoms with Crippen LogP contribution in [0.25, 0.3) is 16.7 Å². The largest absolute Gasteiger partial charge is 0.450 e. The van der Waals surface area contributed by atoms with Crippen LogP contribution in [-0.4, -0.2) is 15.5 Å². The molecule has 5 nitrogen and oxygen atoms in total. The van der Waals surface area contributed by atoms with Gasteiger partial charge in [0.1, 0.15) is 0 Å². The Morgan fingerprint density at radius 3 is 2.48 bits per heavy atom. The first kappa shape index (κ1) is 20.2. The summed E-state index contributed by atoms with van der Waals surface area (Å²) in [7, 11) is 0. The number of carbonyl (C=O) groups is 1. The second kappa shape index (κ2) is 7.61. The standard InChI is InChI=1S/C23H15F3N4O/c1-14-5-10-20-19(11-14)29-22(23(24,25)26)30(20)18-8-6-17(7-9-18)28-21(31)16-4-2-3-15(12-16)13-27/h2-12H,1H3,(H,28,31). The molecule has 0 radical (unpaired) electrons. The van der Waals surface area contributed by atoms with Gasteiger partial charge < -0.3 is 5.32 Å². The van der Waals surface area contributed by atoms with E-state index >= 15 is 0 Å². The molecule has 0 spiro atoms. The van der Waals surface area contributed by atoms with Crippen molar-refractivity contribution in [3.05, 3.63) is 89.2 Å². The number of hydrogen-bond donors (Lipinski definition) is 1. The van der Waals surface area contributed by atoms with Crippen LogP contribution in [0.1, 0.15) is 27.3 Å². The number of rotatable bonds is 3. The van der Waals surface area contributed by atoms with Crippen LogP contribution in [0.4, 0.5) is 18.9 Å². The Labute approximate surface area is 175 Å². The maximum atomic E-state index is 13.6. The number of hydrogen-bond acceptors (Lipinski definition) is 3. The molecule has 154 valence electrons. The van der Waals surface area contributed by atoms with Crippen molar-refractivity contribution in [3.8, 4) is 11.8 Å². The summed E-state index contributed by atoms with van der Waals surface area (Å²) in [6.45, 7) is 1.79. The fraction of sp³-hybridized carbons (Fsp3) is 0.0870. The van der Waals surface area contributed by atoms with Gasteiger partial charge in [-0.05, 0) is 67.1 Å². The molecule has 31 heavy (non-hydrogen) atoms. The molecule has 0 fully saturated rings. The lowest BCUT2D eigenvalue weighted by atomic mass is 10.1. The van der Waals surface area contributed by atoms with Gasteiger partial charge >= 0.3 is 6.18 Å². The number of nitriles is 1. The second-order valence-corrected chi connectivity index (χ2v) is 6.95. The van der Waals surface area contributed by atoms with Crippen molar-refractivity contribution in [2.75, 3.05) is 5.32 Å². The Morgan fingerprint density at radius 2 is 1.81 bits per heavy atom. The van der Waals surface area contributed by atoms with Crippen molar-refractivity contribution < 1.29 is 18.0 Å². The van der Waals surface area contributed by atoms with Crippen molar-refractivity contribution in [2.24, 2.45) is 0 Å². The van der Waals surface area contributed by atoms with Crippen molar-refractivity contribution in [2.45, 2.75) is 13.1 Å². The molecule has 8 heteroatoms. The maximum absolute atomic E-state index is 13.6. The first-order valence-electron chi connectivity index (χ1n) is 9.24. The molecule has 1 aromatic heterocycles. The SMILES string of the molecule is Cc1ccc2c(c1)nc(C(F)(F)F)n2-c1ccc(NC(=O)c2cccc(C#N)c2)cc1. The van der Waals surface area contributed by atoms with Crippen LogP contribution in [0.3, 0.4) is 0 Å². The third-order valence-corrected chi connectivity index (χ3v) is 4.70. The van der Waals surface area contributed by atoms with E-state index in [4.69, 9.17) is 5.26 Å². The van der Waals surface area contributed by atoms with Crippen LogP contribution in [0.5, 0.6) is 0 Å². The van der Waals surface area contributed by atoms with Crippen LogP contribution in [0.2, 0.25) is 0 Å². The molecular weight excluding hydrogens is 405 g/mol. The number of anilines is 1. The van der Waals surface area contributed by atoms with Gasteiger partial charge in [0.25, 0.3) is 5.91 Å². The Kier molecular flexibility index (Phi) is 4.95. The highest BCUT2D eigenvalue weighted by molar-refractivity contribution is 6.04. The first-order chi connectivity index (χ1) is 14.8. The predicted molar refractivity (Wildman–Crippen MR) is 110 cm³/mol. The van der Waals surface area contributed by atoms with Crippen LogP contribution < -0.4 is 5.32 Å². The quantitative estimate of drug-likeness (QED) is 0.477. The zero-order chi connectivity index (χ0) is 22.2. The Balaban J connectivity index is 1.68. The van der Waals surface area contributed by atoms with E-state index in [1.807, 2.05) is 6.07 Å². The van der Waals surface area contributed by atoms with E-state index in [0.29, 0.717) is 22.3 Å². The average molecular weight is 420 g/mol. The first-order valence-corrected chi connectivity index (χ1v) is 9.24. The lowest BCUT2D eigenvalue weighted by Crippen LogP contribution is -2.14. The summed E-state index contributed by atoms with van der Waals surface area (Å²) < 4.78 is 41.9. The highest BCUT2D eigenvalue weighted by Gasteiger charge is 2.38. The van der Waals surface area contributed by atoms with Crippen LogP contribution in [0.15, 0.2) is 66.7 Å². The van der Waals surface area contributed by atoms with Crippen molar-refractivity contribution in [1.29, 1.82) is 5.26 Å². The lowest BCUT2D eigenvalue weighted by Gasteiger charge is -2.12. The number of fused-ring (bicyclic) bond motifs is 1. The second-order valence-electron chi connectivity index (χ2n) is 6.95. The minimum absolute atomic E-state index is 0.252. The summed E-state index contributed by atoms with van der Waals surface area (Å²) in [4.78, 5) is 16.2. The number of amides is 1. The number of aromatic nitrogens is 2. The van der Waals surface area contributed by atoms with E-state index in [-0.39, 0.29) is 11.2 Å². The number of halogens is 3. The van der Waals surface area contributed by atoms with Gasteiger partial charge in [-0.3, -0.25) is 9.36 Å². The summed E-state index contributed by atoms with van der Waals surface area (Å²) in [5, 5.41) is 11.6. The molecule has 0 atom stereocenters. The number of carbonyl (C=O) groups excluding carboxylic acids is 1. The van der Waals surface area contributed by atoms with E-state index < -0.39 is 17.9 Å². The molecule has 1 amide bonds. The van der Waals surface area contributed by atoms with Gasteiger partial charge in [-0.2, -0.15) is 18.4 Å². The molecule has 4 aromatic rings. The molecule has 0 saturated carbocycles. The molecule has 0 saturated heterocycles. The van der Waals surface area contributed by atoms with Crippen molar-refractivity contribution in [3.63, 3.8) is 0 Å². The van der Waals surface area contributed by atoms with Gasteiger partial charge in [-0.25, -0.2) is 4.98 Å². The molecule has 4 rings (SSSR count). The smallest absolute Gasteiger partial charge is 0.322 e. The predicted octanol–water partition coefficient (Wildman–Crippen LogP) is 5.48. The average Bonchev–Trinajstić information content (AvgIpc) is 3.13. The number of nitrogens with one attached hydrogen (secondary N) is 1. The molecule has 0 aliphatic heterocycles. The van der Waals surface area contributed by atoms with Gasteiger partial charge in [0.05, 0.1) is 22.7 Å². The summed E-state index contributed by atoms with van der Waals surface area (Å²) >= 11 is 0. The van der Waals surface area contributed by atoms with Crippen LogP contribution >= 0.6 is 0 Å². The van der Waals surface area contributed by atoms with Gasteiger partial charge in [0, 0.05) is 16.9 Å². The van der Waals surface area contributed by atoms with Crippen molar-refractivity contribution >= 4 is 22.6 Å². The summed E-state index contributed by atoms with van der Waals surface area (Å²) in [6, 6.07) is 19.1. The Bertz CT molecular complexity index is 1330. The number of imidazole rings is 1. The van der Waals surface area contributed by atoms with Gasteiger partial charge in [0.2, 0.25) is 5.82 Å². The Morgan fingerprint density at radius 1 is 1.06 bits per heavy atom. The summed E-state index contributed by atoms with van der Waals surface area (Å²) in [5.74, 6) is -1.44. The lowest BCUT2D eigenvalue weighted by molar-refractivity contribution is -0.145. The molecule has 0 unspecified atom stereocenters. The summed E-state index contributed by atoms with van der Waals surface area (Å²) in [5.41, 5.74) is 2.73. The molecule has 3 aromatic carbocycles. The van der Waals surface area contributed by atoms with E-state index in [1.165, 1.54) is 30.3 Å². The number of aryl methyl sites for hydroxylation is 1. The fourth-order valence-electron chi connectivity index (χ4n) is 3.27. The molecule has 0 bridgehead atoms. The third kappa shape index (κ3) is 3.98. The number of benzene rings is 3. The molecular formula is C23H15F3N4O. The van der Waals surface area contributed by atoms with Gasteiger partial charge in [0.15, 0.2) is 0 Å². The van der Waals surface area contributed by atoms with Crippen molar-refractivity contribution in [1.82, 2.24) is 9.55 Å². The molecule has 0 aliphatic carbocycles. The third-order valence-electron chi connectivity index (χ3n) is 4.70. The van der Waals surface area contributed by atoms with Gasteiger partial charge in [-0.1, -0.05) is 12.1 Å². The summed E-state index contributed by atoms with van der Waals surface area (Å²) in [6.07, 6.45) is -4.63. The van der Waals surface area contributed by atoms with Gasteiger partial charge in [-0.15, -0.1) is 0 Å². The number of alkyl halides is 3. The number of nitrogens with zero attached hydrogens (tertiary/aromatic N) is 3.